The van der Waals surface area contributed by atoms with Gasteiger partial charge in [-0.2, -0.15) is 0 Å². The summed E-state index contributed by atoms with van der Waals surface area (Å²) in [6.07, 6.45) is 0.676. The van der Waals surface area contributed by atoms with Gasteiger partial charge in [0.15, 0.2) is 0 Å². The van der Waals surface area contributed by atoms with Crippen molar-refractivity contribution < 1.29 is 9.59 Å². The average Bonchev–Trinajstić information content (AvgIpc) is 2.49. The molecule has 3 rings (SSSR count). The monoisotopic (exact) mass is 302 g/mol. The Morgan fingerprint density at radius 2 is 1.82 bits per heavy atom. The van der Waals surface area contributed by atoms with Gasteiger partial charge in [-0.1, -0.05) is 0 Å². The van der Waals surface area contributed by atoms with Crippen LogP contribution >= 0.6 is 0 Å². The highest BCUT2D eigenvalue weighted by Crippen LogP contribution is 2.24. The van der Waals surface area contributed by atoms with E-state index >= 15 is 0 Å². The molecule has 0 aromatic heterocycles. The molecule has 0 saturated carbocycles. The molecule has 3 N–H and O–H groups in total. The fourth-order valence-corrected chi connectivity index (χ4v) is 3.03. The van der Waals surface area contributed by atoms with E-state index in [1.54, 1.807) is 0 Å². The molecule has 0 radical (unpaired) electrons. The highest BCUT2D eigenvalue weighted by atomic mass is 16.2. The van der Waals surface area contributed by atoms with E-state index < -0.39 is 0 Å². The maximum absolute atomic E-state index is 11.4. The number of piperidine rings is 1. The van der Waals surface area contributed by atoms with E-state index in [-0.39, 0.29) is 17.9 Å². The minimum absolute atomic E-state index is 0.120. The Morgan fingerprint density at radius 3 is 2.45 bits per heavy atom. The third-order valence-electron chi connectivity index (χ3n) is 4.19. The number of piperazine rings is 1. The Morgan fingerprint density at radius 1 is 1.14 bits per heavy atom. The highest BCUT2D eigenvalue weighted by molar-refractivity contribution is 5.98. The zero-order valence-corrected chi connectivity index (χ0v) is 12.8. The summed E-state index contributed by atoms with van der Waals surface area (Å²) in [7, 11) is 0. The van der Waals surface area contributed by atoms with Crippen LogP contribution < -0.4 is 20.9 Å². The summed E-state index contributed by atoms with van der Waals surface area (Å²) in [5, 5.41) is 9.01. The number of nitrogens with zero attached hydrogens (tertiary/aromatic N) is 1. The first-order valence-corrected chi connectivity index (χ1v) is 7.77. The summed E-state index contributed by atoms with van der Waals surface area (Å²) in [5.41, 5.74) is 3.35. The van der Waals surface area contributed by atoms with Crippen LogP contribution in [0.5, 0.6) is 0 Å². The molecule has 2 fully saturated rings. The zero-order chi connectivity index (χ0) is 15.5. The summed E-state index contributed by atoms with van der Waals surface area (Å²) in [6.45, 7) is 6.11. The Kier molecular flexibility index (Phi) is 4.29. The fraction of sp³-hybridized carbons (Fsp3) is 0.500. The Bertz CT molecular complexity index is 566. The van der Waals surface area contributed by atoms with Crippen LogP contribution in [-0.4, -0.2) is 44.0 Å². The smallest absolute Gasteiger partial charge is 0.228 e. The number of hydrogen-bond donors (Lipinski definition) is 3. The molecule has 6 nitrogen and oxygen atoms in total. The number of benzene rings is 1. The molecule has 2 heterocycles. The number of nitrogens with one attached hydrogen (secondary N) is 3. The summed E-state index contributed by atoms with van der Waals surface area (Å²) >= 11 is 0. The number of aryl methyl sites for hydroxylation is 1. The molecular weight excluding hydrogens is 280 g/mol. The maximum Gasteiger partial charge on any atom is 0.228 e. The summed E-state index contributed by atoms with van der Waals surface area (Å²) in [5.74, 6) is -0.410. The first-order chi connectivity index (χ1) is 10.6. The molecule has 1 aromatic rings. The summed E-state index contributed by atoms with van der Waals surface area (Å²) < 4.78 is 0. The van der Waals surface area contributed by atoms with Crippen LogP contribution in [0, 0.1) is 6.92 Å². The van der Waals surface area contributed by atoms with Crippen LogP contribution in [0.1, 0.15) is 18.4 Å². The minimum atomic E-state index is -0.205. The van der Waals surface area contributed by atoms with Crippen molar-refractivity contribution in [3.8, 4) is 0 Å². The van der Waals surface area contributed by atoms with Gasteiger partial charge in [0.1, 0.15) is 0 Å². The Labute approximate surface area is 130 Å². The maximum atomic E-state index is 11.4. The molecule has 2 amide bonds. The molecule has 2 saturated heterocycles. The van der Waals surface area contributed by atoms with Crippen LogP contribution in [0.15, 0.2) is 18.2 Å². The first kappa shape index (κ1) is 14.8. The van der Waals surface area contributed by atoms with Crippen molar-refractivity contribution in [2.24, 2.45) is 0 Å². The molecule has 0 aliphatic carbocycles. The molecule has 0 atom stereocenters. The van der Waals surface area contributed by atoms with Crippen LogP contribution in [0.25, 0.3) is 0 Å². The van der Waals surface area contributed by atoms with Gasteiger partial charge in [-0.25, -0.2) is 0 Å². The van der Waals surface area contributed by atoms with Gasteiger partial charge < -0.3 is 15.5 Å². The number of rotatable bonds is 3. The third kappa shape index (κ3) is 3.39. The number of anilines is 2. The van der Waals surface area contributed by atoms with Crippen LogP contribution in [-0.2, 0) is 9.59 Å². The Balaban J connectivity index is 1.69. The average molecular weight is 302 g/mol. The van der Waals surface area contributed by atoms with E-state index in [4.69, 9.17) is 0 Å². The van der Waals surface area contributed by atoms with Gasteiger partial charge in [0.2, 0.25) is 11.8 Å². The van der Waals surface area contributed by atoms with Gasteiger partial charge in [0.25, 0.3) is 0 Å². The number of amides is 2. The van der Waals surface area contributed by atoms with E-state index in [1.165, 1.54) is 5.69 Å². The molecular formula is C16H22N4O2. The lowest BCUT2D eigenvalue weighted by molar-refractivity contribution is -0.133. The van der Waals surface area contributed by atoms with Gasteiger partial charge in [-0.05, 0) is 30.7 Å². The lowest BCUT2D eigenvalue weighted by Gasteiger charge is -2.30. The van der Waals surface area contributed by atoms with Crippen molar-refractivity contribution in [1.29, 1.82) is 0 Å². The van der Waals surface area contributed by atoms with Crippen LogP contribution in [0.4, 0.5) is 11.4 Å². The molecule has 6 heteroatoms. The molecule has 2 aliphatic heterocycles. The normalized spacial score (nSPS) is 20.0. The van der Waals surface area contributed by atoms with Gasteiger partial charge in [-0.3, -0.25) is 14.9 Å². The quantitative estimate of drug-likeness (QED) is 0.714. The highest BCUT2D eigenvalue weighted by Gasteiger charge is 2.25. The van der Waals surface area contributed by atoms with Crippen LogP contribution in [0.3, 0.4) is 0 Å². The second kappa shape index (κ2) is 6.36. The van der Waals surface area contributed by atoms with Crippen molar-refractivity contribution in [2.75, 3.05) is 36.4 Å². The molecule has 2 aliphatic rings. The molecule has 0 spiro atoms. The van der Waals surface area contributed by atoms with Gasteiger partial charge in [0, 0.05) is 56.4 Å². The molecule has 118 valence electrons. The van der Waals surface area contributed by atoms with E-state index in [9.17, 15) is 9.59 Å². The topological polar surface area (TPSA) is 73.5 Å². The number of hydrogen-bond acceptors (Lipinski definition) is 5. The van der Waals surface area contributed by atoms with Crippen molar-refractivity contribution in [3.05, 3.63) is 23.8 Å². The van der Waals surface area contributed by atoms with E-state index in [0.29, 0.717) is 12.8 Å². The van der Waals surface area contributed by atoms with Crippen LogP contribution in [0.2, 0.25) is 0 Å². The summed E-state index contributed by atoms with van der Waals surface area (Å²) in [4.78, 5) is 25.2. The first-order valence-electron chi connectivity index (χ1n) is 7.77. The molecule has 22 heavy (non-hydrogen) atoms. The van der Waals surface area contributed by atoms with Gasteiger partial charge in [-0.15, -0.1) is 0 Å². The van der Waals surface area contributed by atoms with Crippen molar-refractivity contribution in [1.82, 2.24) is 10.6 Å². The van der Waals surface area contributed by atoms with E-state index in [0.717, 1.165) is 37.4 Å². The fourth-order valence-electron chi connectivity index (χ4n) is 3.03. The third-order valence-corrected chi connectivity index (χ3v) is 4.19. The SMILES string of the molecule is Cc1cc(N2CCNCC2)ccc1NC1CC(=O)NC(=O)C1. The molecule has 0 bridgehead atoms. The Hall–Kier alpha value is -2.08. The van der Waals surface area contributed by atoms with Gasteiger partial charge >= 0.3 is 0 Å². The second-order valence-electron chi connectivity index (χ2n) is 5.96. The standard InChI is InChI=1S/C16H22N4O2/c1-11-8-13(20-6-4-17-5-7-20)2-3-14(11)18-12-9-15(21)19-16(22)10-12/h2-3,8,12,17-18H,4-7,9-10H2,1H3,(H,19,21,22). The second-order valence-corrected chi connectivity index (χ2v) is 5.96. The molecule has 1 aromatic carbocycles. The van der Waals surface area contributed by atoms with E-state index in [1.807, 2.05) is 6.07 Å². The summed E-state index contributed by atoms with van der Waals surface area (Å²) in [6, 6.07) is 6.19. The van der Waals surface area contributed by atoms with Crippen molar-refractivity contribution in [3.63, 3.8) is 0 Å². The lowest BCUT2D eigenvalue weighted by Crippen LogP contribution is -2.44. The lowest BCUT2D eigenvalue weighted by atomic mass is 10.0. The molecule has 0 unspecified atom stereocenters. The number of imide groups is 1. The predicted molar refractivity (Wildman–Crippen MR) is 86.1 cm³/mol. The minimum Gasteiger partial charge on any atom is -0.381 e. The zero-order valence-electron chi connectivity index (χ0n) is 12.8. The number of carbonyl (C=O) groups is 2. The predicted octanol–water partition coefficient (Wildman–Crippen LogP) is 0.622. The largest absolute Gasteiger partial charge is 0.381 e. The van der Waals surface area contributed by atoms with Crippen molar-refractivity contribution >= 4 is 23.2 Å². The van der Waals surface area contributed by atoms with Gasteiger partial charge in [0.05, 0.1) is 0 Å². The van der Waals surface area contributed by atoms with Crippen molar-refractivity contribution in [2.45, 2.75) is 25.8 Å². The number of carbonyl (C=O) groups excluding carboxylic acids is 2. The van der Waals surface area contributed by atoms with E-state index in [2.05, 4.69) is 39.9 Å².